The van der Waals surface area contributed by atoms with Crippen molar-refractivity contribution in [1.82, 2.24) is 9.97 Å². The lowest BCUT2D eigenvalue weighted by Crippen LogP contribution is -2.05. The van der Waals surface area contributed by atoms with Gasteiger partial charge in [-0.15, -0.1) is 24.0 Å². The third kappa shape index (κ3) is 2.06. The molecule has 1 rings (SSSR count). The summed E-state index contributed by atoms with van der Waals surface area (Å²) in [5.74, 6) is 0. The Hall–Kier alpha value is -0.390. The summed E-state index contributed by atoms with van der Waals surface area (Å²) in [7, 11) is 0. The van der Waals surface area contributed by atoms with Crippen molar-refractivity contribution in [2.45, 2.75) is 0 Å². The minimum atomic E-state index is -0.303. The van der Waals surface area contributed by atoms with Gasteiger partial charge in [0.05, 0.1) is 0 Å². The first-order chi connectivity index (χ1) is 3.39. The molecule has 8 heavy (non-hydrogen) atoms. The van der Waals surface area contributed by atoms with E-state index in [-0.39, 0.29) is 29.7 Å². The zero-order chi connectivity index (χ0) is 5.11. The smallest absolute Gasteiger partial charge is 0.313 e. The Balaban J connectivity index is 0.000000490. The molecule has 0 aliphatic heterocycles. The second-order valence-electron chi connectivity index (χ2n) is 1.09. The molecule has 0 bridgehead atoms. The molecule has 0 spiro atoms. The number of rotatable bonds is 0. The van der Waals surface area contributed by atoms with Gasteiger partial charge in [0.25, 0.3) is 0 Å². The molecule has 0 fully saturated rings. The van der Waals surface area contributed by atoms with Crippen LogP contribution in [0.15, 0.2) is 23.3 Å². The van der Waals surface area contributed by atoms with Crippen LogP contribution in [0.1, 0.15) is 0 Å². The van der Waals surface area contributed by atoms with Crippen molar-refractivity contribution >= 4 is 24.0 Å². The third-order valence-electron chi connectivity index (χ3n) is 0.581. The van der Waals surface area contributed by atoms with Crippen LogP contribution in [0.4, 0.5) is 0 Å². The molecule has 0 amide bonds. The average molecular weight is 224 g/mol. The lowest BCUT2D eigenvalue weighted by atomic mass is 10.7. The zero-order valence-corrected chi connectivity index (χ0v) is 6.33. The van der Waals surface area contributed by atoms with Crippen LogP contribution in [0, 0.1) is 0 Å². The number of halogens is 1. The molecule has 1 N–H and O–H groups in total. The van der Waals surface area contributed by atoms with E-state index < -0.39 is 0 Å². The van der Waals surface area contributed by atoms with E-state index in [1.54, 1.807) is 6.07 Å². The van der Waals surface area contributed by atoms with Crippen LogP contribution in [0.2, 0.25) is 0 Å². The van der Waals surface area contributed by atoms with E-state index in [1.807, 2.05) is 0 Å². The number of nitrogens with one attached hydrogen (secondary N) is 1. The van der Waals surface area contributed by atoms with Gasteiger partial charge in [-0.1, -0.05) is 0 Å². The number of nitrogens with zero attached hydrogens (tertiary/aromatic N) is 1. The summed E-state index contributed by atoms with van der Waals surface area (Å²) in [5, 5.41) is 0. The van der Waals surface area contributed by atoms with Gasteiger partial charge < -0.3 is 4.98 Å². The standard InChI is InChI=1S/C4H4N2O.HI/c7-4-5-2-1-3-6-4;/h1-3H,(H,5,6,7);1H. The molecule has 0 aliphatic carbocycles. The van der Waals surface area contributed by atoms with Crippen molar-refractivity contribution in [2.75, 3.05) is 0 Å². The molecule has 0 radical (unpaired) electrons. The maximum Gasteiger partial charge on any atom is 0.344 e. The van der Waals surface area contributed by atoms with Gasteiger partial charge in [0, 0.05) is 12.4 Å². The first-order valence-electron chi connectivity index (χ1n) is 1.89. The summed E-state index contributed by atoms with van der Waals surface area (Å²) in [6.07, 6.45) is 2.98. The van der Waals surface area contributed by atoms with Crippen molar-refractivity contribution in [2.24, 2.45) is 0 Å². The van der Waals surface area contributed by atoms with Crippen molar-refractivity contribution in [1.29, 1.82) is 0 Å². The van der Waals surface area contributed by atoms with Crippen LogP contribution in [0.5, 0.6) is 0 Å². The Kier molecular flexibility index (Phi) is 3.42. The predicted molar refractivity (Wildman–Crippen MR) is 40.3 cm³/mol. The topological polar surface area (TPSA) is 45.8 Å². The first-order valence-corrected chi connectivity index (χ1v) is 1.89. The lowest BCUT2D eigenvalue weighted by molar-refractivity contribution is 1.08. The fourth-order valence-electron chi connectivity index (χ4n) is 0.310. The summed E-state index contributed by atoms with van der Waals surface area (Å²) in [4.78, 5) is 15.8. The normalized spacial score (nSPS) is 7.50. The molecule has 1 heterocycles. The minimum absolute atomic E-state index is 0. The summed E-state index contributed by atoms with van der Waals surface area (Å²) in [6, 6.07) is 1.65. The van der Waals surface area contributed by atoms with Crippen LogP contribution in [-0.4, -0.2) is 9.97 Å². The Labute approximate surface area is 63.2 Å². The fraction of sp³-hybridized carbons (Fsp3) is 0. The zero-order valence-electron chi connectivity index (χ0n) is 4.00. The number of H-pyrrole nitrogens is 1. The van der Waals surface area contributed by atoms with Gasteiger partial charge in [0.2, 0.25) is 0 Å². The maximum absolute atomic E-state index is 10.1. The van der Waals surface area contributed by atoms with Crippen molar-refractivity contribution < 1.29 is 0 Å². The number of hydrogen-bond acceptors (Lipinski definition) is 2. The molecule has 44 valence electrons. The van der Waals surface area contributed by atoms with E-state index in [0.29, 0.717) is 0 Å². The number of hydrogen-bond donors (Lipinski definition) is 1. The van der Waals surface area contributed by atoms with Gasteiger partial charge >= 0.3 is 5.69 Å². The molecular weight excluding hydrogens is 219 g/mol. The Bertz CT molecular complexity index is 180. The van der Waals surface area contributed by atoms with Gasteiger partial charge in [-0.05, 0) is 6.07 Å². The first kappa shape index (κ1) is 7.61. The molecule has 1 aromatic rings. The van der Waals surface area contributed by atoms with E-state index in [4.69, 9.17) is 0 Å². The van der Waals surface area contributed by atoms with E-state index in [9.17, 15) is 4.79 Å². The van der Waals surface area contributed by atoms with E-state index in [1.165, 1.54) is 12.4 Å². The molecule has 0 saturated carbocycles. The van der Waals surface area contributed by atoms with Crippen LogP contribution in [-0.2, 0) is 0 Å². The second-order valence-corrected chi connectivity index (χ2v) is 1.09. The molecule has 4 heteroatoms. The Morgan fingerprint density at radius 1 is 1.62 bits per heavy atom. The molecule has 0 aromatic carbocycles. The fourth-order valence-corrected chi connectivity index (χ4v) is 0.310. The minimum Gasteiger partial charge on any atom is -0.313 e. The van der Waals surface area contributed by atoms with Crippen molar-refractivity contribution in [3.63, 3.8) is 0 Å². The van der Waals surface area contributed by atoms with Gasteiger partial charge in [-0.25, -0.2) is 9.78 Å². The van der Waals surface area contributed by atoms with Gasteiger partial charge in [-0.2, -0.15) is 0 Å². The molecule has 1 aromatic heterocycles. The van der Waals surface area contributed by atoms with Crippen LogP contribution < -0.4 is 5.69 Å². The summed E-state index contributed by atoms with van der Waals surface area (Å²) >= 11 is 0. The second kappa shape index (κ2) is 3.59. The summed E-state index contributed by atoms with van der Waals surface area (Å²) in [6.45, 7) is 0. The predicted octanol–water partition coefficient (Wildman–Crippen LogP) is 0.388. The monoisotopic (exact) mass is 224 g/mol. The molecule has 0 saturated heterocycles. The number of aromatic amines is 1. The molecule has 0 atom stereocenters. The molecule has 3 nitrogen and oxygen atoms in total. The van der Waals surface area contributed by atoms with E-state index >= 15 is 0 Å². The van der Waals surface area contributed by atoms with Gasteiger partial charge in [-0.3, -0.25) is 0 Å². The highest BCUT2D eigenvalue weighted by molar-refractivity contribution is 14.0. The third-order valence-corrected chi connectivity index (χ3v) is 0.581. The Morgan fingerprint density at radius 2 is 2.38 bits per heavy atom. The van der Waals surface area contributed by atoms with Crippen molar-refractivity contribution in [3.8, 4) is 0 Å². The van der Waals surface area contributed by atoms with Crippen LogP contribution in [0.3, 0.4) is 0 Å². The largest absolute Gasteiger partial charge is 0.344 e. The highest BCUT2D eigenvalue weighted by atomic mass is 127. The SMILES string of the molecule is I.O=c1nccc[nH]1. The molecular formula is C4H5IN2O. The maximum atomic E-state index is 10.1. The Morgan fingerprint density at radius 3 is 2.62 bits per heavy atom. The average Bonchev–Trinajstić information content (AvgIpc) is 1.69. The number of aromatic nitrogens is 2. The summed E-state index contributed by atoms with van der Waals surface area (Å²) < 4.78 is 0. The van der Waals surface area contributed by atoms with Crippen LogP contribution >= 0.6 is 24.0 Å². The quantitative estimate of drug-likeness (QED) is 0.648. The molecule has 0 aliphatic rings. The highest BCUT2D eigenvalue weighted by Gasteiger charge is 1.70. The van der Waals surface area contributed by atoms with Crippen molar-refractivity contribution in [3.05, 3.63) is 28.9 Å². The van der Waals surface area contributed by atoms with Crippen LogP contribution in [0.25, 0.3) is 0 Å². The van der Waals surface area contributed by atoms with E-state index in [2.05, 4.69) is 9.97 Å². The van der Waals surface area contributed by atoms with E-state index in [0.717, 1.165) is 0 Å². The summed E-state index contributed by atoms with van der Waals surface area (Å²) in [5.41, 5.74) is -0.303. The van der Waals surface area contributed by atoms with Gasteiger partial charge in [0.1, 0.15) is 0 Å². The lowest BCUT2D eigenvalue weighted by Gasteiger charge is -1.72. The molecule has 0 unspecified atom stereocenters. The highest BCUT2D eigenvalue weighted by Crippen LogP contribution is 1.60. The van der Waals surface area contributed by atoms with Gasteiger partial charge in [0.15, 0.2) is 0 Å².